The third kappa shape index (κ3) is 1.63. The minimum atomic E-state index is 0.204. The topological polar surface area (TPSA) is 23.8 Å². The van der Waals surface area contributed by atoms with E-state index >= 15 is 0 Å². The summed E-state index contributed by atoms with van der Waals surface area (Å²) in [6.07, 6.45) is 0. The average Bonchev–Trinajstić information content (AvgIpc) is 1.88. The van der Waals surface area contributed by atoms with E-state index in [0.717, 1.165) is 5.56 Å². The molecule has 0 aliphatic rings. The first kappa shape index (κ1) is 7.86. The second-order valence-corrected chi connectivity index (χ2v) is 2.76. The van der Waals surface area contributed by atoms with Crippen LogP contribution < -0.4 is 5.73 Å². The molecule has 0 saturated heterocycles. The molecule has 0 amide bonds. The van der Waals surface area contributed by atoms with Gasteiger partial charge in [0.2, 0.25) is 0 Å². The molecule has 10 heavy (non-hydrogen) atoms. The molecule has 1 rings (SSSR count). The first-order chi connectivity index (χ1) is 4.74. The zero-order chi connectivity index (χ0) is 7.56. The molecule has 0 aliphatic carbocycles. The Labute approximate surface area is 69.7 Å². The molecule has 0 unspecified atom stereocenters. The molecule has 1 radical (unpaired) electrons. The van der Waals surface area contributed by atoms with Crippen molar-refractivity contribution < 1.29 is 0 Å². The molecule has 53 valence electrons. The van der Waals surface area contributed by atoms with Gasteiger partial charge in [-0.15, -0.1) is 0 Å². The van der Waals surface area contributed by atoms with E-state index in [1.54, 1.807) is 18.2 Å². The maximum atomic E-state index is 7.03. The third-order valence-electron chi connectivity index (χ3n) is 1.21. The molecule has 0 spiro atoms. The maximum Gasteiger partial charge on any atom is 0.0466 e. The Hall–Kier alpha value is -0.240. The highest BCUT2D eigenvalue weighted by Crippen LogP contribution is 2.20. The first-order valence-electron chi connectivity index (χ1n) is 2.82. The molecule has 1 aromatic carbocycles. The van der Waals surface area contributed by atoms with Gasteiger partial charge in [0.15, 0.2) is 0 Å². The minimum Gasteiger partial charge on any atom is -0.253 e. The Morgan fingerprint density at radius 3 is 2.50 bits per heavy atom. The van der Waals surface area contributed by atoms with Crippen LogP contribution in [0.5, 0.6) is 0 Å². The smallest absolute Gasteiger partial charge is 0.0466 e. The van der Waals surface area contributed by atoms with Crippen LogP contribution in [0, 0.1) is 0 Å². The van der Waals surface area contributed by atoms with Crippen LogP contribution in [0.4, 0.5) is 0 Å². The van der Waals surface area contributed by atoms with Crippen LogP contribution in [-0.2, 0) is 6.54 Å². The molecular formula is C7H6Cl2N. The Kier molecular flexibility index (Phi) is 2.55. The standard InChI is InChI=1S/C7H6Cl2N/c8-6-2-1-5(4-10)7(9)3-6/h1-3,10H,4H2. The molecule has 0 bridgehead atoms. The van der Waals surface area contributed by atoms with Crippen molar-refractivity contribution in [1.29, 1.82) is 0 Å². The molecule has 1 nitrogen and oxygen atoms in total. The van der Waals surface area contributed by atoms with Gasteiger partial charge in [0.25, 0.3) is 0 Å². The lowest BCUT2D eigenvalue weighted by Crippen LogP contribution is -1.84. The lowest BCUT2D eigenvalue weighted by molar-refractivity contribution is 1.03. The van der Waals surface area contributed by atoms with Crippen molar-refractivity contribution in [3.8, 4) is 0 Å². The van der Waals surface area contributed by atoms with Gasteiger partial charge >= 0.3 is 0 Å². The van der Waals surface area contributed by atoms with Gasteiger partial charge < -0.3 is 0 Å². The zero-order valence-corrected chi connectivity index (χ0v) is 6.71. The molecule has 3 heteroatoms. The number of nitrogens with one attached hydrogen (secondary N) is 1. The summed E-state index contributed by atoms with van der Waals surface area (Å²) < 4.78 is 0. The van der Waals surface area contributed by atoms with Crippen LogP contribution >= 0.6 is 23.2 Å². The molecular weight excluding hydrogens is 169 g/mol. The highest BCUT2D eigenvalue weighted by Gasteiger charge is 1.97. The number of rotatable bonds is 1. The van der Waals surface area contributed by atoms with Gasteiger partial charge in [-0.25, -0.2) is 0 Å². The fraction of sp³-hybridized carbons (Fsp3) is 0.143. The lowest BCUT2D eigenvalue weighted by atomic mass is 10.2. The SMILES string of the molecule is [NH]Cc1ccc(Cl)cc1Cl. The molecule has 0 fully saturated rings. The van der Waals surface area contributed by atoms with Crippen molar-refractivity contribution in [2.45, 2.75) is 6.54 Å². The number of halogens is 2. The Balaban J connectivity index is 3.07. The lowest BCUT2D eigenvalue weighted by Gasteiger charge is -1.98. The summed E-state index contributed by atoms with van der Waals surface area (Å²) in [6, 6.07) is 5.14. The van der Waals surface area contributed by atoms with E-state index < -0.39 is 0 Å². The number of hydrogen-bond acceptors (Lipinski definition) is 0. The predicted molar refractivity (Wildman–Crippen MR) is 43.3 cm³/mol. The summed E-state index contributed by atoms with van der Waals surface area (Å²) in [5, 5.41) is 1.18. The largest absolute Gasteiger partial charge is 0.253 e. The third-order valence-corrected chi connectivity index (χ3v) is 1.79. The van der Waals surface area contributed by atoms with Crippen LogP contribution in [0.3, 0.4) is 0 Å². The number of hydrogen-bond donors (Lipinski definition) is 0. The van der Waals surface area contributed by atoms with Gasteiger partial charge in [-0.1, -0.05) is 29.3 Å². The molecule has 0 saturated carbocycles. The monoisotopic (exact) mass is 174 g/mol. The fourth-order valence-electron chi connectivity index (χ4n) is 0.665. The normalized spacial score (nSPS) is 9.90. The summed E-state index contributed by atoms with van der Waals surface area (Å²) in [5.74, 6) is 0. The molecule has 0 heterocycles. The molecule has 1 N–H and O–H groups in total. The predicted octanol–water partition coefficient (Wildman–Crippen LogP) is 2.78. The summed E-state index contributed by atoms with van der Waals surface area (Å²) >= 11 is 11.4. The number of benzene rings is 1. The van der Waals surface area contributed by atoms with Crippen molar-refractivity contribution >= 4 is 23.2 Å². The minimum absolute atomic E-state index is 0.204. The van der Waals surface area contributed by atoms with E-state index in [2.05, 4.69) is 0 Å². The second kappa shape index (κ2) is 3.24. The highest BCUT2D eigenvalue weighted by molar-refractivity contribution is 6.35. The maximum absolute atomic E-state index is 7.03. The van der Waals surface area contributed by atoms with Crippen molar-refractivity contribution in [3.05, 3.63) is 33.8 Å². The van der Waals surface area contributed by atoms with E-state index in [1.807, 2.05) is 0 Å². The van der Waals surface area contributed by atoms with Crippen LogP contribution in [0.2, 0.25) is 10.0 Å². The first-order valence-corrected chi connectivity index (χ1v) is 3.58. The molecule has 0 aromatic heterocycles. The Bertz CT molecular complexity index is 235. The van der Waals surface area contributed by atoms with E-state index in [1.165, 1.54) is 0 Å². The van der Waals surface area contributed by atoms with E-state index in [4.69, 9.17) is 28.9 Å². The van der Waals surface area contributed by atoms with E-state index in [0.29, 0.717) is 10.0 Å². The zero-order valence-electron chi connectivity index (χ0n) is 5.20. The fourth-order valence-corrected chi connectivity index (χ4v) is 1.14. The van der Waals surface area contributed by atoms with E-state index in [-0.39, 0.29) is 6.54 Å². The van der Waals surface area contributed by atoms with Crippen molar-refractivity contribution in [3.63, 3.8) is 0 Å². The molecule has 0 aliphatic heterocycles. The van der Waals surface area contributed by atoms with Crippen LogP contribution in [0.1, 0.15) is 5.56 Å². The quantitative estimate of drug-likeness (QED) is 0.626. The van der Waals surface area contributed by atoms with Gasteiger partial charge in [-0.2, -0.15) is 0 Å². The Morgan fingerprint density at radius 1 is 1.30 bits per heavy atom. The van der Waals surface area contributed by atoms with Gasteiger partial charge in [0.1, 0.15) is 0 Å². The Morgan fingerprint density at radius 2 is 2.00 bits per heavy atom. The van der Waals surface area contributed by atoms with Crippen molar-refractivity contribution in [1.82, 2.24) is 5.73 Å². The van der Waals surface area contributed by atoms with Gasteiger partial charge in [0, 0.05) is 16.6 Å². The van der Waals surface area contributed by atoms with Crippen LogP contribution in [0.25, 0.3) is 0 Å². The summed E-state index contributed by atoms with van der Waals surface area (Å²) in [5.41, 5.74) is 7.84. The van der Waals surface area contributed by atoms with Gasteiger partial charge in [-0.05, 0) is 17.7 Å². The summed E-state index contributed by atoms with van der Waals surface area (Å²) in [4.78, 5) is 0. The van der Waals surface area contributed by atoms with Crippen LogP contribution in [-0.4, -0.2) is 0 Å². The molecule has 1 aromatic rings. The summed E-state index contributed by atoms with van der Waals surface area (Å²) in [7, 11) is 0. The highest BCUT2D eigenvalue weighted by atomic mass is 35.5. The van der Waals surface area contributed by atoms with Crippen molar-refractivity contribution in [2.24, 2.45) is 0 Å². The second-order valence-electron chi connectivity index (χ2n) is 1.91. The molecule has 0 atom stereocenters. The van der Waals surface area contributed by atoms with Gasteiger partial charge in [0.05, 0.1) is 0 Å². The van der Waals surface area contributed by atoms with Crippen molar-refractivity contribution in [2.75, 3.05) is 0 Å². The van der Waals surface area contributed by atoms with E-state index in [9.17, 15) is 0 Å². The average molecular weight is 175 g/mol. The van der Waals surface area contributed by atoms with Gasteiger partial charge in [-0.3, -0.25) is 5.73 Å². The summed E-state index contributed by atoms with van der Waals surface area (Å²) in [6.45, 7) is 0.204. The van der Waals surface area contributed by atoms with Crippen LogP contribution in [0.15, 0.2) is 18.2 Å².